The second-order valence-electron chi connectivity index (χ2n) is 5.16. The second kappa shape index (κ2) is 7.25. The van der Waals surface area contributed by atoms with Crippen molar-refractivity contribution in [2.45, 2.75) is 70.6 Å². The van der Waals surface area contributed by atoms with Crippen LogP contribution in [-0.4, -0.2) is 29.8 Å². The highest BCUT2D eigenvalue weighted by molar-refractivity contribution is 4.80. The van der Waals surface area contributed by atoms with Gasteiger partial charge in [-0.25, -0.2) is 0 Å². The summed E-state index contributed by atoms with van der Waals surface area (Å²) in [6, 6.07) is 0.978. The van der Waals surface area contributed by atoms with E-state index >= 15 is 0 Å². The molecule has 1 saturated carbocycles. The number of hydrogen-bond donors (Lipinski definition) is 3. The number of nitrogens with two attached hydrogens (primary N) is 1. The Balaban J connectivity index is 2.18. The van der Waals surface area contributed by atoms with Crippen LogP contribution in [0.3, 0.4) is 0 Å². The Kier molecular flexibility index (Phi) is 6.32. The number of aliphatic hydroxyl groups is 1. The van der Waals surface area contributed by atoms with Gasteiger partial charge in [0.1, 0.15) is 0 Å². The van der Waals surface area contributed by atoms with Crippen LogP contribution in [0.5, 0.6) is 0 Å². The minimum Gasteiger partial charge on any atom is -0.392 e. The van der Waals surface area contributed by atoms with Gasteiger partial charge in [-0.15, -0.1) is 0 Å². The molecule has 1 unspecified atom stereocenters. The summed E-state index contributed by atoms with van der Waals surface area (Å²) in [4.78, 5) is 0. The molecule has 0 aromatic carbocycles. The van der Waals surface area contributed by atoms with E-state index in [0.717, 1.165) is 45.1 Å². The average molecular weight is 228 g/mol. The minimum absolute atomic E-state index is 0.189. The van der Waals surface area contributed by atoms with Gasteiger partial charge in [0.2, 0.25) is 0 Å². The Morgan fingerprint density at radius 3 is 2.25 bits per heavy atom. The SMILES string of the molecule is CCC(CC)C(O)CNC1CCC(N)CC1. The van der Waals surface area contributed by atoms with Crippen molar-refractivity contribution < 1.29 is 5.11 Å². The standard InChI is InChI=1S/C13H28N2O/c1-3-10(4-2)13(16)9-15-12-7-5-11(14)6-8-12/h10-13,15-16H,3-9,14H2,1-2H3. The van der Waals surface area contributed by atoms with Crippen LogP contribution in [0.4, 0.5) is 0 Å². The highest BCUT2D eigenvalue weighted by Gasteiger charge is 2.20. The smallest absolute Gasteiger partial charge is 0.0692 e. The summed E-state index contributed by atoms with van der Waals surface area (Å²) in [5, 5.41) is 13.5. The summed E-state index contributed by atoms with van der Waals surface area (Å²) in [6.45, 7) is 5.04. The van der Waals surface area contributed by atoms with Crippen molar-refractivity contribution in [3.05, 3.63) is 0 Å². The Hall–Kier alpha value is -0.120. The molecule has 4 N–H and O–H groups in total. The molecule has 96 valence electrons. The largest absolute Gasteiger partial charge is 0.392 e. The van der Waals surface area contributed by atoms with Gasteiger partial charge in [0.05, 0.1) is 6.10 Å². The van der Waals surface area contributed by atoms with Crippen molar-refractivity contribution in [3.63, 3.8) is 0 Å². The van der Waals surface area contributed by atoms with E-state index in [0.29, 0.717) is 18.0 Å². The molecule has 0 bridgehead atoms. The fourth-order valence-electron chi connectivity index (χ4n) is 2.61. The molecule has 16 heavy (non-hydrogen) atoms. The lowest BCUT2D eigenvalue weighted by Gasteiger charge is -2.29. The lowest BCUT2D eigenvalue weighted by atomic mass is 9.91. The maximum atomic E-state index is 10.0. The zero-order chi connectivity index (χ0) is 12.0. The van der Waals surface area contributed by atoms with Crippen molar-refractivity contribution in [1.29, 1.82) is 0 Å². The first-order valence-electron chi connectivity index (χ1n) is 6.84. The van der Waals surface area contributed by atoms with Gasteiger partial charge in [0.25, 0.3) is 0 Å². The normalized spacial score (nSPS) is 28.3. The van der Waals surface area contributed by atoms with Gasteiger partial charge in [0, 0.05) is 18.6 Å². The number of rotatable bonds is 6. The van der Waals surface area contributed by atoms with Crippen molar-refractivity contribution in [2.75, 3.05) is 6.54 Å². The van der Waals surface area contributed by atoms with Crippen LogP contribution in [-0.2, 0) is 0 Å². The molecule has 0 aliphatic heterocycles. The van der Waals surface area contributed by atoms with Crippen LogP contribution >= 0.6 is 0 Å². The quantitative estimate of drug-likeness (QED) is 0.648. The Labute approximate surface area is 99.8 Å². The third-order valence-corrected chi connectivity index (χ3v) is 3.98. The third kappa shape index (κ3) is 4.40. The Morgan fingerprint density at radius 2 is 1.75 bits per heavy atom. The molecule has 1 fully saturated rings. The lowest BCUT2D eigenvalue weighted by molar-refractivity contribution is 0.0961. The molecule has 1 atom stereocenters. The van der Waals surface area contributed by atoms with E-state index in [-0.39, 0.29) is 6.10 Å². The van der Waals surface area contributed by atoms with Gasteiger partial charge in [-0.2, -0.15) is 0 Å². The average Bonchev–Trinajstić information content (AvgIpc) is 2.30. The fraction of sp³-hybridized carbons (Fsp3) is 1.00. The fourth-order valence-corrected chi connectivity index (χ4v) is 2.61. The van der Waals surface area contributed by atoms with Gasteiger partial charge >= 0.3 is 0 Å². The van der Waals surface area contributed by atoms with Gasteiger partial charge in [-0.05, 0) is 31.6 Å². The molecule has 0 amide bonds. The van der Waals surface area contributed by atoms with Crippen molar-refractivity contribution >= 4 is 0 Å². The molecule has 0 spiro atoms. The first kappa shape index (κ1) is 13.9. The molecular formula is C13H28N2O. The predicted octanol–water partition coefficient (Wildman–Crippen LogP) is 1.64. The third-order valence-electron chi connectivity index (χ3n) is 3.98. The van der Waals surface area contributed by atoms with E-state index in [2.05, 4.69) is 19.2 Å². The van der Waals surface area contributed by atoms with E-state index in [1.54, 1.807) is 0 Å². The summed E-state index contributed by atoms with van der Waals surface area (Å²) in [5.41, 5.74) is 5.87. The maximum Gasteiger partial charge on any atom is 0.0692 e. The zero-order valence-electron chi connectivity index (χ0n) is 10.8. The second-order valence-corrected chi connectivity index (χ2v) is 5.16. The molecule has 0 saturated heterocycles. The van der Waals surface area contributed by atoms with Crippen LogP contribution in [0, 0.1) is 5.92 Å². The van der Waals surface area contributed by atoms with Crippen molar-refractivity contribution in [3.8, 4) is 0 Å². The molecule has 3 heteroatoms. The molecule has 3 nitrogen and oxygen atoms in total. The van der Waals surface area contributed by atoms with E-state index in [4.69, 9.17) is 5.73 Å². The highest BCUT2D eigenvalue weighted by Crippen LogP contribution is 2.18. The number of hydrogen-bond acceptors (Lipinski definition) is 3. The Bertz CT molecular complexity index is 175. The van der Waals surface area contributed by atoms with Crippen LogP contribution in [0.25, 0.3) is 0 Å². The topological polar surface area (TPSA) is 58.3 Å². The summed E-state index contributed by atoms with van der Waals surface area (Å²) < 4.78 is 0. The summed E-state index contributed by atoms with van der Waals surface area (Å²) >= 11 is 0. The van der Waals surface area contributed by atoms with E-state index < -0.39 is 0 Å². The van der Waals surface area contributed by atoms with E-state index in [1.165, 1.54) is 0 Å². The van der Waals surface area contributed by atoms with Gasteiger partial charge in [-0.1, -0.05) is 26.7 Å². The van der Waals surface area contributed by atoms with Gasteiger partial charge in [-0.3, -0.25) is 0 Å². The van der Waals surface area contributed by atoms with E-state index in [9.17, 15) is 5.11 Å². The monoisotopic (exact) mass is 228 g/mol. The van der Waals surface area contributed by atoms with Crippen molar-refractivity contribution in [2.24, 2.45) is 11.7 Å². The van der Waals surface area contributed by atoms with Gasteiger partial charge in [0.15, 0.2) is 0 Å². The number of nitrogens with one attached hydrogen (secondary N) is 1. The lowest BCUT2D eigenvalue weighted by Crippen LogP contribution is -2.42. The van der Waals surface area contributed by atoms with Gasteiger partial charge < -0.3 is 16.2 Å². The first-order valence-corrected chi connectivity index (χ1v) is 6.84. The predicted molar refractivity (Wildman–Crippen MR) is 68.3 cm³/mol. The summed E-state index contributed by atoms with van der Waals surface area (Å²) in [5.74, 6) is 0.443. The molecule has 0 aromatic rings. The van der Waals surface area contributed by atoms with Crippen molar-refractivity contribution in [1.82, 2.24) is 5.32 Å². The molecule has 0 heterocycles. The Morgan fingerprint density at radius 1 is 1.19 bits per heavy atom. The molecule has 1 rings (SSSR count). The molecule has 1 aliphatic rings. The first-order chi connectivity index (χ1) is 7.67. The van der Waals surface area contributed by atoms with Crippen LogP contribution in [0.1, 0.15) is 52.4 Å². The minimum atomic E-state index is -0.189. The van der Waals surface area contributed by atoms with E-state index in [1.807, 2.05) is 0 Å². The molecule has 0 aromatic heterocycles. The molecular weight excluding hydrogens is 200 g/mol. The van der Waals surface area contributed by atoms with Crippen LogP contribution < -0.4 is 11.1 Å². The van der Waals surface area contributed by atoms with Crippen LogP contribution in [0.2, 0.25) is 0 Å². The summed E-state index contributed by atoms with van der Waals surface area (Å²) in [6.07, 6.45) is 6.51. The van der Waals surface area contributed by atoms with Crippen LogP contribution in [0.15, 0.2) is 0 Å². The maximum absolute atomic E-state index is 10.0. The molecule has 0 radical (unpaired) electrons. The zero-order valence-corrected chi connectivity index (χ0v) is 10.8. The summed E-state index contributed by atoms with van der Waals surface area (Å²) in [7, 11) is 0. The molecule has 1 aliphatic carbocycles. The highest BCUT2D eigenvalue weighted by atomic mass is 16.3. The number of aliphatic hydroxyl groups excluding tert-OH is 1.